The minimum absolute atomic E-state index is 0.0612. The SMILES string of the molecule is COc1cccc(-c2nnc(C(=O)Nc3ccc(Cl)c(C(F)(F)F)c3)o2)c1. The van der Waals surface area contributed by atoms with Gasteiger partial charge < -0.3 is 14.5 Å². The highest BCUT2D eigenvalue weighted by Gasteiger charge is 2.33. The zero-order valence-corrected chi connectivity index (χ0v) is 14.4. The van der Waals surface area contributed by atoms with Gasteiger partial charge in [0, 0.05) is 11.3 Å². The van der Waals surface area contributed by atoms with Crippen LogP contribution in [-0.4, -0.2) is 23.2 Å². The van der Waals surface area contributed by atoms with E-state index >= 15 is 0 Å². The molecule has 3 rings (SSSR count). The van der Waals surface area contributed by atoms with Crippen LogP contribution in [0.15, 0.2) is 46.9 Å². The monoisotopic (exact) mass is 397 g/mol. The van der Waals surface area contributed by atoms with Crippen LogP contribution in [0.3, 0.4) is 0 Å². The fraction of sp³-hybridized carbons (Fsp3) is 0.118. The number of halogens is 4. The van der Waals surface area contributed by atoms with Crippen molar-refractivity contribution < 1.29 is 27.1 Å². The number of amides is 1. The number of hydrogen-bond donors (Lipinski definition) is 1. The topological polar surface area (TPSA) is 77.2 Å². The van der Waals surface area contributed by atoms with Crippen LogP contribution >= 0.6 is 11.6 Å². The van der Waals surface area contributed by atoms with Gasteiger partial charge in [-0.05, 0) is 36.4 Å². The molecule has 6 nitrogen and oxygen atoms in total. The molecular weight excluding hydrogens is 387 g/mol. The van der Waals surface area contributed by atoms with E-state index in [-0.39, 0.29) is 11.6 Å². The van der Waals surface area contributed by atoms with Crippen molar-refractivity contribution in [3.8, 4) is 17.2 Å². The molecule has 0 atom stereocenters. The Morgan fingerprint density at radius 3 is 2.67 bits per heavy atom. The van der Waals surface area contributed by atoms with E-state index in [4.69, 9.17) is 20.8 Å². The Balaban J connectivity index is 1.81. The Morgan fingerprint density at radius 2 is 1.96 bits per heavy atom. The largest absolute Gasteiger partial charge is 0.497 e. The number of carbonyl (C=O) groups is 1. The first kappa shape index (κ1) is 18.7. The molecule has 1 aromatic heterocycles. The summed E-state index contributed by atoms with van der Waals surface area (Å²) in [7, 11) is 1.49. The molecule has 1 amide bonds. The predicted molar refractivity (Wildman–Crippen MR) is 90.7 cm³/mol. The van der Waals surface area contributed by atoms with Crippen LogP contribution in [-0.2, 0) is 6.18 Å². The third-order valence-corrected chi connectivity index (χ3v) is 3.80. The van der Waals surface area contributed by atoms with Gasteiger partial charge in [0.1, 0.15) is 5.75 Å². The minimum atomic E-state index is -4.65. The summed E-state index contributed by atoms with van der Waals surface area (Å²) < 4.78 is 49.1. The number of nitrogens with zero attached hydrogens (tertiary/aromatic N) is 2. The molecule has 0 saturated carbocycles. The second-order valence-electron chi connectivity index (χ2n) is 5.29. The molecule has 0 unspecified atom stereocenters. The summed E-state index contributed by atoms with van der Waals surface area (Å²) in [6, 6.07) is 9.71. The summed E-state index contributed by atoms with van der Waals surface area (Å²) in [5, 5.41) is 9.17. The molecule has 0 fully saturated rings. The van der Waals surface area contributed by atoms with Crippen molar-refractivity contribution in [1.29, 1.82) is 0 Å². The highest BCUT2D eigenvalue weighted by atomic mass is 35.5. The molecule has 0 saturated heterocycles. The van der Waals surface area contributed by atoms with Crippen LogP contribution in [0.4, 0.5) is 18.9 Å². The standard InChI is InChI=1S/C17H11ClF3N3O3/c1-26-11-4-2-3-9(7-11)15-23-24-16(27-15)14(25)22-10-5-6-13(18)12(8-10)17(19,20)21/h2-8H,1H3,(H,22,25). The first-order valence-electron chi connectivity index (χ1n) is 7.44. The number of alkyl halides is 3. The summed E-state index contributed by atoms with van der Waals surface area (Å²) in [5.74, 6) is -0.646. The molecule has 0 radical (unpaired) electrons. The second kappa shape index (κ2) is 7.28. The van der Waals surface area contributed by atoms with E-state index in [2.05, 4.69) is 15.5 Å². The smallest absolute Gasteiger partial charge is 0.417 e. The van der Waals surface area contributed by atoms with Crippen molar-refractivity contribution in [2.45, 2.75) is 6.18 Å². The lowest BCUT2D eigenvalue weighted by Crippen LogP contribution is -2.14. The molecule has 0 spiro atoms. The predicted octanol–water partition coefficient (Wildman–Crippen LogP) is 4.67. The van der Waals surface area contributed by atoms with E-state index in [1.54, 1.807) is 24.3 Å². The van der Waals surface area contributed by atoms with Gasteiger partial charge in [-0.1, -0.05) is 17.7 Å². The molecule has 0 aliphatic carbocycles. The number of aromatic nitrogens is 2. The summed E-state index contributed by atoms with van der Waals surface area (Å²) in [6.07, 6.45) is -4.65. The van der Waals surface area contributed by atoms with Crippen molar-refractivity contribution >= 4 is 23.2 Å². The van der Waals surface area contributed by atoms with Crippen molar-refractivity contribution in [3.05, 3.63) is 58.9 Å². The number of methoxy groups -OCH3 is 1. The van der Waals surface area contributed by atoms with Crippen LogP contribution in [0.25, 0.3) is 11.5 Å². The molecule has 0 aliphatic heterocycles. The van der Waals surface area contributed by atoms with E-state index in [0.717, 1.165) is 12.1 Å². The van der Waals surface area contributed by atoms with Gasteiger partial charge in [-0.3, -0.25) is 4.79 Å². The van der Waals surface area contributed by atoms with E-state index in [0.29, 0.717) is 11.3 Å². The molecule has 27 heavy (non-hydrogen) atoms. The quantitative estimate of drug-likeness (QED) is 0.692. The van der Waals surface area contributed by atoms with E-state index in [1.807, 2.05) is 0 Å². The van der Waals surface area contributed by atoms with Crippen molar-refractivity contribution in [2.24, 2.45) is 0 Å². The number of nitrogens with one attached hydrogen (secondary N) is 1. The van der Waals surface area contributed by atoms with E-state index in [9.17, 15) is 18.0 Å². The van der Waals surface area contributed by atoms with E-state index < -0.39 is 28.6 Å². The lowest BCUT2D eigenvalue weighted by Gasteiger charge is -2.11. The van der Waals surface area contributed by atoms with Crippen molar-refractivity contribution in [2.75, 3.05) is 12.4 Å². The van der Waals surface area contributed by atoms with Crippen molar-refractivity contribution in [3.63, 3.8) is 0 Å². The number of ether oxygens (including phenoxy) is 1. The van der Waals surface area contributed by atoms with Gasteiger partial charge in [0.15, 0.2) is 0 Å². The Kier molecular flexibility index (Phi) is 5.04. The lowest BCUT2D eigenvalue weighted by atomic mass is 10.2. The Labute approximate surface area is 155 Å². The fourth-order valence-electron chi connectivity index (χ4n) is 2.19. The first-order chi connectivity index (χ1) is 12.8. The molecule has 0 aliphatic rings. The van der Waals surface area contributed by atoms with Gasteiger partial charge in [-0.25, -0.2) is 0 Å². The molecule has 0 bridgehead atoms. The third-order valence-electron chi connectivity index (χ3n) is 3.47. The Bertz CT molecular complexity index is 989. The second-order valence-corrected chi connectivity index (χ2v) is 5.70. The number of anilines is 1. The lowest BCUT2D eigenvalue weighted by molar-refractivity contribution is -0.137. The van der Waals surface area contributed by atoms with Gasteiger partial charge in [0.25, 0.3) is 0 Å². The van der Waals surface area contributed by atoms with Crippen LogP contribution < -0.4 is 10.1 Å². The zero-order valence-electron chi connectivity index (χ0n) is 13.7. The Hall–Kier alpha value is -3.07. The average molecular weight is 398 g/mol. The number of carbonyl (C=O) groups excluding carboxylic acids is 1. The molecule has 3 aromatic rings. The highest BCUT2D eigenvalue weighted by molar-refractivity contribution is 6.31. The highest BCUT2D eigenvalue weighted by Crippen LogP contribution is 2.36. The summed E-state index contributed by atoms with van der Waals surface area (Å²) in [4.78, 5) is 12.2. The maximum atomic E-state index is 12.9. The van der Waals surface area contributed by atoms with Gasteiger partial charge in [0.05, 0.1) is 17.7 Å². The fourth-order valence-corrected chi connectivity index (χ4v) is 2.42. The van der Waals surface area contributed by atoms with Crippen LogP contribution in [0.5, 0.6) is 5.75 Å². The van der Waals surface area contributed by atoms with Crippen LogP contribution in [0.2, 0.25) is 5.02 Å². The van der Waals surface area contributed by atoms with Crippen LogP contribution in [0, 0.1) is 0 Å². The molecule has 140 valence electrons. The Morgan fingerprint density at radius 1 is 1.19 bits per heavy atom. The van der Waals surface area contributed by atoms with Gasteiger partial charge in [-0.2, -0.15) is 13.2 Å². The number of benzene rings is 2. The summed E-state index contributed by atoms with van der Waals surface area (Å²) in [6.45, 7) is 0. The molecule has 2 aromatic carbocycles. The summed E-state index contributed by atoms with van der Waals surface area (Å²) in [5.41, 5.74) is -0.658. The van der Waals surface area contributed by atoms with Gasteiger partial charge in [-0.15, -0.1) is 10.2 Å². The van der Waals surface area contributed by atoms with Crippen LogP contribution in [0.1, 0.15) is 16.2 Å². The normalized spacial score (nSPS) is 11.3. The minimum Gasteiger partial charge on any atom is -0.497 e. The van der Waals surface area contributed by atoms with Gasteiger partial charge in [0.2, 0.25) is 5.89 Å². The van der Waals surface area contributed by atoms with E-state index in [1.165, 1.54) is 13.2 Å². The van der Waals surface area contributed by atoms with Crippen molar-refractivity contribution in [1.82, 2.24) is 10.2 Å². The third kappa shape index (κ3) is 4.20. The maximum Gasteiger partial charge on any atom is 0.417 e. The average Bonchev–Trinajstić information content (AvgIpc) is 3.13. The summed E-state index contributed by atoms with van der Waals surface area (Å²) >= 11 is 5.55. The van der Waals surface area contributed by atoms with Gasteiger partial charge >= 0.3 is 18.0 Å². The number of rotatable bonds is 4. The first-order valence-corrected chi connectivity index (χ1v) is 7.82. The number of hydrogen-bond acceptors (Lipinski definition) is 5. The maximum absolute atomic E-state index is 12.9. The molecule has 10 heteroatoms. The molecular formula is C17H11ClF3N3O3. The molecule has 1 heterocycles. The zero-order chi connectivity index (χ0) is 19.6. The molecule has 1 N–H and O–H groups in total.